The minimum absolute atomic E-state index is 0.198. The van der Waals surface area contributed by atoms with Crippen molar-refractivity contribution in [2.45, 2.75) is 44.2 Å². The molecule has 0 aliphatic carbocycles. The van der Waals surface area contributed by atoms with Crippen molar-refractivity contribution in [3.8, 4) is 0 Å². The first-order valence-electron chi connectivity index (χ1n) is 11.0. The number of nitrogens with zero attached hydrogens (tertiary/aromatic N) is 3. The summed E-state index contributed by atoms with van der Waals surface area (Å²) < 4.78 is 38.3. The fourth-order valence-corrected chi connectivity index (χ4v) is 4.52. The van der Waals surface area contributed by atoms with Gasteiger partial charge in [-0.05, 0) is 68.6 Å². The van der Waals surface area contributed by atoms with Gasteiger partial charge in [0, 0.05) is 36.8 Å². The van der Waals surface area contributed by atoms with Crippen molar-refractivity contribution in [3.05, 3.63) is 65.0 Å². The van der Waals surface area contributed by atoms with Gasteiger partial charge in [0.15, 0.2) is 0 Å². The number of carbonyl (C=O) groups excluding carboxylic acids is 1. The van der Waals surface area contributed by atoms with E-state index in [0.29, 0.717) is 19.5 Å². The quantitative estimate of drug-likeness (QED) is 0.700. The third kappa shape index (κ3) is 5.64. The molecule has 1 atom stereocenters. The lowest BCUT2D eigenvalue weighted by Crippen LogP contribution is -2.44. The average Bonchev–Trinajstić information content (AvgIpc) is 3.27. The summed E-state index contributed by atoms with van der Waals surface area (Å²) in [5.74, 6) is 0.399. The molecule has 4 rings (SSSR count). The second-order valence-electron chi connectivity index (χ2n) is 8.59. The Balaban J connectivity index is 1.39. The van der Waals surface area contributed by atoms with Gasteiger partial charge in [0.25, 0.3) is 0 Å². The molecule has 3 heterocycles. The predicted molar refractivity (Wildman–Crippen MR) is 113 cm³/mol. The van der Waals surface area contributed by atoms with E-state index in [9.17, 15) is 18.0 Å². The summed E-state index contributed by atoms with van der Waals surface area (Å²) in [7, 11) is 0. The van der Waals surface area contributed by atoms with Gasteiger partial charge in [-0.15, -0.1) is 0 Å². The van der Waals surface area contributed by atoms with Crippen LogP contribution in [-0.4, -0.2) is 53.4 Å². The monoisotopic (exact) mass is 431 g/mol. The van der Waals surface area contributed by atoms with Crippen molar-refractivity contribution in [2.75, 3.05) is 32.7 Å². The van der Waals surface area contributed by atoms with Gasteiger partial charge < -0.3 is 4.90 Å². The number of amides is 1. The largest absolute Gasteiger partial charge is 0.416 e. The molecule has 2 aliphatic heterocycles. The Morgan fingerprint density at radius 1 is 1.00 bits per heavy atom. The molecule has 0 spiro atoms. The number of halogens is 3. The van der Waals surface area contributed by atoms with Crippen molar-refractivity contribution < 1.29 is 18.0 Å². The average molecular weight is 432 g/mol. The van der Waals surface area contributed by atoms with E-state index in [1.54, 1.807) is 0 Å². The van der Waals surface area contributed by atoms with Crippen molar-refractivity contribution in [1.29, 1.82) is 0 Å². The van der Waals surface area contributed by atoms with Crippen LogP contribution in [0.15, 0.2) is 42.5 Å². The molecule has 0 N–H and O–H groups in total. The zero-order valence-electron chi connectivity index (χ0n) is 17.6. The molecule has 0 saturated carbocycles. The van der Waals surface area contributed by atoms with Crippen molar-refractivity contribution in [1.82, 2.24) is 14.8 Å². The summed E-state index contributed by atoms with van der Waals surface area (Å²) in [5, 5.41) is 0. The minimum atomic E-state index is -4.32. The Bertz CT molecular complexity index is 892. The number of piperidine rings is 1. The number of carbonyl (C=O) groups is 1. The summed E-state index contributed by atoms with van der Waals surface area (Å²) in [5.41, 5.74) is 1.95. The maximum atomic E-state index is 12.8. The Morgan fingerprint density at radius 3 is 2.45 bits per heavy atom. The molecule has 31 heavy (non-hydrogen) atoms. The van der Waals surface area contributed by atoms with Gasteiger partial charge in [0.1, 0.15) is 0 Å². The first-order chi connectivity index (χ1) is 14.9. The molecule has 4 nitrogen and oxygen atoms in total. The Labute approximate surface area is 181 Å². The normalized spacial score (nSPS) is 20.2. The second-order valence-corrected chi connectivity index (χ2v) is 8.59. The van der Waals surface area contributed by atoms with Gasteiger partial charge in [-0.3, -0.25) is 14.7 Å². The fourth-order valence-electron chi connectivity index (χ4n) is 4.52. The summed E-state index contributed by atoms with van der Waals surface area (Å²) >= 11 is 0. The maximum Gasteiger partial charge on any atom is 0.416 e. The Morgan fingerprint density at radius 2 is 1.74 bits per heavy atom. The molecule has 0 bridgehead atoms. The van der Waals surface area contributed by atoms with Crippen LogP contribution in [0.2, 0.25) is 0 Å². The zero-order chi connectivity index (χ0) is 21.8. The van der Waals surface area contributed by atoms with Crippen molar-refractivity contribution >= 4 is 5.91 Å². The lowest BCUT2D eigenvalue weighted by molar-refractivity contribution is -0.137. The smallest absolute Gasteiger partial charge is 0.341 e. The van der Waals surface area contributed by atoms with Crippen LogP contribution in [0.4, 0.5) is 13.2 Å². The number of hydrogen-bond donors (Lipinski definition) is 0. The number of alkyl halides is 3. The van der Waals surface area contributed by atoms with E-state index in [2.05, 4.69) is 4.90 Å². The van der Waals surface area contributed by atoms with Gasteiger partial charge in [-0.2, -0.15) is 13.2 Å². The first kappa shape index (κ1) is 21.8. The van der Waals surface area contributed by atoms with Crippen LogP contribution in [0.1, 0.15) is 54.1 Å². The van der Waals surface area contributed by atoms with Crippen LogP contribution < -0.4 is 0 Å². The van der Waals surface area contributed by atoms with E-state index >= 15 is 0 Å². The Hall–Kier alpha value is -2.41. The predicted octanol–water partition coefficient (Wildman–Crippen LogP) is 4.49. The van der Waals surface area contributed by atoms with Gasteiger partial charge in [-0.1, -0.05) is 18.2 Å². The van der Waals surface area contributed by atoms with E-state index in [-0.39, 0.29) is 11.8 Å². The molecular weight excluding hydrogens is 403 g/mol. The number of benzene rings is 1. The molecule has 7 heteroatoms. The Kier molecular flexibility index (Phi) is 6.60. The third-order valence-electron chi connectivity index (χ3n) is 6.24. The van der Waals surface area contributed by atoms with E-state index < -0.39 is 11.7 Å². The van der Waals surface area contributed by atoms with Crippen LogP contribution >= 0.6 is 0 Å². The molecule has 1 aromatic carbocycles. The molecule has 0 unspecified atom stereocenters. The molecule has 0 radical (unpaired) electrons. The third-order valence-corrected chi connectivity index (χ3v) is 6.24. The van der Waals surface area contributed by atoms with Crippen LogP contribution in [0.25, 0.3) is 0 Å². The molecule has 1 amide bonds. The molecule has 166 valence electrons. The van der Waals surface area contributed by atoms with Crippen LogP contribution in [-0.2, 0) is 17.4 Å². The highest BCUT2D eigenvalue weighted by Crippen LogP contribution is 2.30. The van der Waals surface area contributed by atoms with Gasteiger partial charge in [0.05, 0.1) is 12.1 Å². The lowest BCUT2D eigenvalue weighted by atomic mass is 9.93. The topological polar surface area (TPSA) is 36.4 Å². The maximum absolute atomic E-state index is 12.8. The van der Waals surface area contributed by atoms with Gasteiger partial charge >= 0.3 is 6.18 Å². The van der Waals surface area contributed by atoms with E-state index in [4.69, 9.17) is 4.98 Å². The number of aromatic nitrogens is 1. The highest BCUT2D eigenvalue weighted by Gasteiger charge is 2.30. The summed E-state index contributed by atoms with van der Waals surface area (Å²) in [6.07, 6.45) is 0.453. The number of pyridine rings is 1. The zero-order valence-corrected chi connectivity index (χ0v) is 17.6. The van der Waals surface area contributed by atoms with Crippen LogP contribution in [0.5, 0.6) is 0 Å². The SMILES string of the molecule is O=C(CN1CCCC1)N1CCC[C@H](c2cccc(Cc3ccc(C(F)(F)F)cc3)n2)C1. The summed E-state index contributed by atoms with van der Waals surface area (Å²) in [4.78, 5) is 21.7. The molecule has 2 fully saturated rings. The second kappa shape index (κ2) is 9.39. The first-order valence-corrected chi connectivity index (χ1v) is 11.0. The van der Waals surface area contributed by atoms with E-state index in [1.165, 1.54) is 25.0 Å². The standard InChI is InChI=1S/C24H28F3N3O/c25-24(26,27)20-10-8-18(9-11-20)15-21-6-3-7-22(28-21)19-5-4-14-30(16-19)23(31)17-29-12-1-2-13-29/h3,6-11,19H,1-2,4-5,12-17H2/t19-/m0/s1. The minimum Gasteiger partial charge on any atom is -0.341 e. The van der Waals surface area contributed by atoms with Gasteiger partial charge in [0.2, 0.25) is 5.91 Å². The molecule has 2 aromatic rings. The number of likely N-dealkylation sites (tertiary alicyclic amines) is 2. The highest BCUT2D eigenvalue weighted by molar-refractivity contribution is 5.78. The highest BCUT2D eigenvalue weighted by atomic mass is 19.4. The van der Waals surface area contributed by atoms with E-state index in [0.717, 1.165) is 61.6 Å². The molecule has 1 aromatic heterocycles. The van der Waals surface area contributed by atoms with Crippen molar-refractivity contribution in [3.63, 3.8) is 0 Å². The van der Waals surface area contributed by atoms with Crippen molar-refractivity contribution in [2.24, 2.45) is 0 Å². The summed E-state index contributed by atoms with van der Waals surface area (Å²) in [6, 6.07) is 11.1. The number of rotatable bonds is 5. The van der Waals surface area contributed by atoms with E-state index in [1.807, 2.05) is 23.1 Å². The number of hydrogen-bond acceptors (Lipinski definition) is 3. The van der Waals surface area contributed by atoms with Crippen LogP contribution in [0.3, 0.4) is 0 Å². The van der Waals surface area contributed by atoms with Crippen LogP contribution in [0, 0.1) is 0 Å². The molecular formula is C24H28F3N3O. The molecule has 2 aliphatic rings. The molecule has 2 saturated heterocycles. The summed E-state index contributed by atoms with van der Waals surface area (Å²) in [6.45, 7) is 4.01. The fraction of sp³-hybridized carbons (Fsp3) is 0.500. The lowest BCUT2D eigenvalue weighted by Gasteiger charge is -2.33. The van der Waals surface area contributed by atoms with Gasteiger partial charge in [-0.25, -0.2) is 0 Å².